The summed E-state index contributed by atoms with van der Waals surface area (Å²) in [6.07, 6.45) is 0.956. The molecule has 1 heterocycles. The number of hydrogen-bond acceptors (Lipinski definition) is 5. The van der Waals surface area contributed by atoms with Crippen LogP contribution in [0.2, 0.25) is 0 Å². The first kappa shape index (κ1) is 14.2. The predicted octanol–water partition coefficient (Wildman–Crippen LogP) is 3.08. The zero-order valence-electron chi connectivity index (χ0n) is 9.82. The third kappa shape index (κ3) is 3.02. The highest BCUT2D eigenvalue weighted by molar-refractivity contribution is 14.1. The number of pyridine rings is 1. The first-order valence-electron chi connectivity index (χ1n) is 5.29. The van der Waals surface area contributed by atoms with Crippen molar-refractivity contribution in [3.63, 3.8) is 0 Å². The van der Waals surface area contributed by atoms with E-state index in [9.17, 15) is 14.9 Å². The summed E-state index contributed by atoms with van der Waals surface area (Å²) in [7, 11) is 0. The lowest BCUT2D eigenvalue weighted by Gasteiger charge is -2.08. The number of carboxylic acid groups (broad SMARTS) is 1. The van der Waals surface area contributed by atoms with Crippen LogP contribution in [0.4, 0.5) is 5.69 Å². The summed E-state index contributed by atoms with van der Waals surface area (Å²) in [5.41, 5.74) is -0.767. The minimum absolute atomic E-state index is 0.188. The number of para-hydroxylation sites is 1. The van der Waals surface area contributed by atoms with E-state index in [1.807, 2.05) is 22.6 Å². The third-order valence-electron chi connectivity index (χ3n) is 2.32. The van der Waals surface area contributed by atoms with Crippen molar-refractivity contribution in [1.29, 1.82) is 0 Å². The zero-order chi connectivity index (χ0) is 14.7. The predicted molar refractivity (Wildman–Crippen MR) is 77.1 cm³/mol. The molecule has 102 valence electrons. The van der Waals surface area contributed by atoms with Crippen molar-refractivity contribution in [2.24, 2.45) is 0 Å². The van der Waals surface area contributed by atoms with Crippen LogP contribution in [0.3, 0.4) is 0 Å². The molecule has 2 rings (SSSR count). The molecule has 0 saturated heterocycles. The van der Waals surface area contributed by atoms with Gasteiger partial charge < -0.3 is 9.84 Å². The Kier molecular flexibility index (Phi) is 4.13. The molecule has 7 nitrogen and oxygen atoms in total. The smallest absolute Gasteiger partial charge is 0.341 e. The Morgan fingerprint density at radius 2 is 2.10 bits per heavy atom. The van der Waals surface area contributed by atoms with Gasteiger partial charge in [0.05, 0.1) is 8.49 Å². The van der Waals surface area contributed by atoms with E-state index >= 15 is 0 Å². The van der Waals surface area contributed by atoms with E-state index in [1.165, 1.54) is 0 Å². The number of nitrogens with zero attached hydrogens (tertiary/aromatic N) is 2. The lowest BCUT2D eigenvalue weighted by molar-refractivity contribution is -0.385. The van der Waals surface area contributed by atoms with Gasteiger partial charge >= 0.3 is 5.97 Å². The van der Waals surface area contributed by atoms with Gasteiger partial charge in [-0.2, -0.15) is 0 Å². The fraction of sp³-hybridized carbons (Fsp3) is 0. The molecule has 1 aromatic heterocycles. The average Bonchev–Trinajstić information content (AvgIpc) is 2.41. The molecular formula is C12H7IN2O5. The van der Waals surface area contributed by atoms with Crippen LogP contribution in [0, 0.1) is 13.7 Å². The number of nitro groups is 1. The molecule has 0 aliphatic carbocycles. The second kappa shape index (κ2) is 5.82. The van der Waals surface area contributed by atoms with Crippen molar-refractivity contribution >= 4 is 34.2 Å². The Balaban J connectivity index is 2.44. The Morgan fingerprint density at radius 3 is 2.70 bits per heavy atom. The lowest BCUT2D eigenvalue weighted by Crippen LogP contribution is -2.04. The second-order valence-electron chi connectivity index (χ2n) is 3.64. The number of ether oxygens (including phenoxy) is 1. The Labute approximate surface area is 126 Å². The van der Waals surface area contributed by atoms with Crippen LogP contribution >= 0.6 is 22.6 Å². The van der Waals surface area contributed by atoms with Crippen LogP contribution in [-0.2, 0) is 0 Å². The van der Waals surface area contributed by atoms with E-state index in [-0.39, 0.29) is 11.4 Å². The molecule has 0 radical (unpaired) electrons. The van der Waals surface area contributed by atoms with Gasteiger partial charge in [-0.1, -0.05) is 12.1 Å². The molecule has 0 saturated carbocycles. The zero-order valence-corrected chi connectivity index (χ0v) is 12.0. The molecule has 0 fully saturated rings. The molecule has 2 aromatic rings. The highest BCUT2D eigenvalue weighted by Crippen LogP contribution is 2.29. The number of halogens is 1. The van der Waals surface area contributed by atoms with Gasteiger partial charge in [0.1, 0.15) is 17.5 Å². The van der Waals surface area contributed by atoms with Gasteiger partial charge in [0.2, 0.25) is 5.88 Å². The number of carbonyl (C=O) groups is 1. The summed E-state index contributed by atoms with van der Waals surface area (Å²) in [4.78, 5) is 24.8. The molecule has 0 spiro atoms. The number of carboxylic acids is 1. The van der Waals surface area contributed by atoms with Gasteiger partial charge in [-0.25, -0.2) is 9.78 Å². The number of aromatic nitrogens is 1. The molecule has 0 bridgehead atoms. The molecular weight excluding hydrogens is 379 g/mol. The van der Waals surface area contributed by atoms with Gasteiger partial charge in [-0.3, -0.25) is 10.1 Å². The standard InChI is InChI=1S/C12H7IN2O5/c13-9-3-1-2-4-10(9)20-11-8(12(16)17)5-7(6-14-11)15(18)19/h1-6H,(H,16,17). The van der Waals surface area contributed by atoms with Gasteiger partial charge in [0.25, 0.3) is 5.69 Å². The fourth-order valence-electron chi connectivity index (χ4n) is 1.41. The SMILES string of the molecule is O=C(O)c1cc([N+](=O)[O-])cnc1Oc1ccccc1I. The van der Waals surface area contributed by atoms with Gasteiger partial charge in [0.15, 0.2) is 0 Å². The summed E-state index contributed by atoms with van der Waals surface area (Å²) >= 11 is 2.03. The van der Waals surface area contributed by atoms with Crippen molar-refractivity contribution in [3.05, 3.63) is 55.8 Å². The third-order valence-corrected chi connectivity index (χ3v) is 3.21. The molecule has 0 aliphatic rings. The van der Waals surface area contributed by atoms with Gasteiger partial charge in [-0.15, -0.1) is 0 Å². The number of benzene rings is 1. The molecule has 0 amide bonds. The van der Waals surface area contributed by atoms with Crippen LogP contribution in [0.5, 0.6) is 11.6 Å². The van der Waals surface area contributed by atoms with E-state index in [1.54, 1.807) is 24.3 Å². The summed E-state index contributed by atoms with van der Waals surface area (Å²) in [5.74, 6) is -1.11. The second-order valence-corrected chi connectivity index (χ2v) is 4.80. The number of aromatic carboxylic acids is 1. The summed E-state index contributed by atoms with van der Waals surface area (Å²) in [6, 6.07) is 7.87. The van der Waals surface area contributed by atoms with Crippen LogP contribution in [0.15, 0.2) is 36.5 Å². The molecule has 1 N–H and O–H groups in total. The largest absolute Gasteiger partial charge is 0.477 e. The first-order chi connectivity index (χ1) is 9.49. The van der Waals surface area contributed by atoms with Gasteiger partial charge in [0, 0.05) is 6.07 Å². The normalized spacial score (nSPS) is 10.1. The van der Waals surface area contributed by atoms with E-state index in [0.29, 0.717) is 5.75 Å². The van der Waals surface area contributed by atoms with E-state index in [4.69, 9.17) is 9.84 Å². The average molecular weight is 386 g/mol. The highest BCUT2D eigenvalue weighted by atomic mass is 127. The van der Waals surface area contributed by atoms with Crippen molar-refractivity contribution < 1.29 is 19.6 Å². The maximum Gasteiger partial charge on any atom is 0.341 e. The Morgan fingerprint density at radius 1 is 1.40 bits per heavy atom. The van der Waals surface area contributed by atoms with Crippen molar-refractivity contribution in [2.75, 3.05) is 0 Å². The van der Waals surface area contributed by atoms with Crippen LogP contribution in [0.25, 0.3) is 0 Å². The van der Waals surface area contributed by atoms with Crippen molar-refractivity contribution in [1.82, 2.24) is 4.98 Å². The monoisotopic (exact) mass is 386 g/mol. The van der Waals surface area contributed by atoms with E-state index in [0.717, 1.165) is 15.8 Å². The first-order valence-corrected chi connectivity index (χ1v) is 6.37. The minimum atomic E-state index is -1.35. The maximum atomic E-state index is 11.1. The van der Waals surface area contributed by atoms with E-state index < -0.39 is 16.6 Å². The highest BCUT2D eigenvalue weighted by Gasteiger charge is 2.19. The quantitative estimate of drug-likeness (QED) is 0.492. The lowest BCUT2D eigenvalue weighted by atomic mass is 10.2. The topological polar surface area (TPSA) is 103 Å². The van der Waals surface area contributed by atoms with Crippen molar-refractivity contribution in [2.45, 2.75) is 0 Å². The molecule has 8 heteroatoms. The summed E-state index contributed by atoms with van der Waals surface area (Å²) in [5, 5.41) is 19.7. The van der Waals surface area contributed by atoms with Gasteiger partial charge in [-0.05, 0) is 34.7 Å². The van der Waals surface area contributed by atoms with Crippen LogP contribution in [0.1, 0.15) is 10.4 Å². The molecule has 0 unspecified atom stereocenters. The van der Waals surface area contributed by atoms with E-state index in [2.05, 4.69) is 4.98 Å². The fourth-order valence-corrected chi connectivity index (χ4v) is 1.90. The number of hydrogen-bond donors (Lipinski definition) is 1. The molecule has 0 aliphatic heterocycles. The molecule has 1 aromatic carbocycles. The van der Waals surface area contributed by atoms with Crippen LogP contribution < -0.4 is 4.74 Å². The van der Waals surface area contributed by atoms with Crippen molar-refractivity contribution in [3.8, 4) is 11.6 Å². The Bertz CT molecular complexity index is 689. The summed E-state index contributed by atoms with van der Waals surface area (Å²) < 4.78 is 6.18. The number of rotatable bonds is 4. The maximum absolute atomic E-state index is 11.1. The molecule has 20 heavy (non-hydrogen) atoms. The molecule has 0 atom stereocenters. The minimum Gasteiger partial charge on any atom is -0.477 e. The Hall–Kier alpha value is -2.23. The summed E-state index contributed by atoms with van der Waals surface area (Å²) in [6.45, 7) is 0. The van der Waals surface area contributed by atoms with Crippen LogP contribution in [-0.4, -0.2) is 21.0 Å².